The molecule has 7 heteroatoms. The Labute approximate surface area is 226 Å². The van der Waals surface area contributed by atoms with Crippen LogP contribution in [0.1, 0.15) is 41.0 Å². The average Bonchev–Trinajstić information content (AvgIpc) is 3.56. The number of likely N-dealkylation sites (tertiary alicyclic amines) is 1. The van der Waals surface area contributed by atoms with E-state index in [0.29, 0.717) is 41.6 Å². The fourth-order valence-corrected chi connectivity index (χ4v) is 4.75. The molecule has 1 atom stereocenters. The van der Waals surface area contributed by atoms with Crippen molar-refractivity contribution in [2.24, 2.45) is 0 Å². The minimum atomic E-state index is -0.845. The van der Waals surface area contributed by atoms with Gasteiger partial charge in [0, 0.05) is 5.56 Å². The van der Waals surface area contributed by atoms with Gasteiger partial charge in [-0.15, -0.1) is 0 Å². The molecule has 1 fully saturated rings. The van der Waals surface area contributed by atoms with Crippen molar-refractivity contribution in [1.82, 2.24) is 4.90 Å². The second-order valence-electron chi connectivity index (χ2n) is 9.27. The molecule has 7 nitrogen and oxygen atoms in total. The maximum Gasteiger partial charge on any atom is 0.296 e. The Morgan fingerprint density at radius 1 is 0.949 bits per heavy atom. The predicted octanol–water partition coefficient (Wildman–Crippen LogP) is 6.19. The lowest BCUT2D eigenvalue weighted by atomic mass is 9.94. The minimum Gasteiger partial charge on any atom is -0.507 e. The van der Waals surface area contributed by atoms with Gasteiger partial charge < -0.3 is 23.9 Å². The standard InChI is InChI=1S/C32H29NO6/c1-3-37-27-15-14-24(17-21(27)2)30(34)28-29(33(32(36)31(28)35)19-26-13-8-16-38-26)23-11-7-12-25(18-23)39-20-22-9-5-4-6-10-22/h4-18,29,34H,3,19-20H2,1-2H3/b30-28+. The molecule has 1 saturated heterocycles. The third-order valence-electron chi connectivity index (χ3n) is 6.62. The highest BCUT2D eigenvalue weighted by Gasteiger charge is 2.46. The molecule has 1 aliphatic heterocycles. The highest BCUT2D eigenvalue weighted by Crippen LogP contribution is 2.41. The van der Waals surface area contributed by atoms with Crippen LogP contribution in [0.4, 0.5) is 0 Å². The molecular weight excluding hydrogens is 494 g/mol. The third-order valence-corrected chi connectivity index (χ3v) is 6.62. The molecule has 5 rings (SSSR count). The summed E-state index contributed by atoms with van der Waals surface area (Å²) in [6.07, 6.45) is 1.52. The van der Waals surface area contributed by atoms with E-state index in [2.05, 4.69) is 0 Å². The number of ketones is 1. The predicted molar refractivity (Wildman–Crippen MR) is 146 cm³/mol. The number of aliphatic hydroxyl groups is 1. The van der Waals surface area contributed by atoms with Gasteiger partial charge in [-0.05, 0) is 73.0 Å². The molecule has 4 aromatic rings. The summed E-state index contributed by atoms with van der Waals surface area (Å²) in [6.45, 7) is 4.69. The van der Waals surface area contributed by atoms with Crippen molar-refractivity contribution in [3.63, 3.8) is 0 Å². The molecule has 1 unspecified atom stereocenters. The van der Waals surface area contributed by atoms with E-state index in [9.17, 15) is 14.7 Å². The van der Waals surface area contributed by atoms with Gasteiger partial charge in [0.25, 0.3) is 11.7 Å². The van der Waals surface area contributed by atoms with Crippen molar-refractivity contribution in [2.75, 3.05) is 6.61 Å². The van der Waals surface area contributed by atoms with E-state index in [-0.39, 0.29) is 17.9 Å². The van der Waals surface area contributed by atoms with Crippen molar-refractivity contribution < 1.29 is 28.6 Å². The van der Waals surface area contributed by atoms with Gasteiger partial charge in [-0.25, -0.2) is 0 Å². The molecule has 39 heavy (non-hydrogen) atoms. The minimum absolute atomic E-state index is 0.00956. The van der Waals surface area contributed by atoms with E-state index >= 15 is 0 Å². The Hall–Kier alpha value is -4.78. The number of aliphatic hydroxyl groups excluding tert-OH is 1. The Bertz CT molecular complexity index is 1510. The van der Waals surface area contributed by atoms with E-state index in [1.807, 2.05) is 62.4 Å². The van der Waals surface area contributed by atoms with Gasteiger partial charge in [0.05, 0.1) is 31.0 Å². The zero-order chi connectivity index (χ0) is 27.4. The molecule has 2 heterocycles. The average molecular weight is 524 g/mol. The van der Waals surface area contributed by atoms with E-state index in [1.165, 1.54) is 11.2 Å². The van der Waals surface area contributed by atoms with Crippen molar-refractivity contribution in [3.05, 3.63) is 125 Å². The molecule has 0 spiro atoms. The highest BCUT2D eigenvalue weighted by atomic mass is 16.5. The molecule has 3 aromatic carbocycles. The zero-order valence-electron chi connectivity index (χ0n) is 21.8. The molecule has 1 aliphatic rings. The summed E-state index contributed by atoms with van der Waals surface area (Å²) < 4.78 is 17.1. The molecule has 1 N–H and O–H groups in total. The van der Waals surface area contributed by atoms with Gasteiger partial charge in [0.1, 0.15) is 29.6 Å². The van der Waals surface area contributed by atoms with Gasteiger partial charge in [0.2, 0.25) is 0 Å². The number of hydrogen-bond donors (Lipinski definition) is 1. The first kappa shape index (κ1) is 25.9. The summed E-state index contributed by atoms with van der Waals surface area (Å²) in [7, 11) is 0. The SMILES string of the molecule is CCOc1ccc(/C(O)=C2\C(=O)C(=O)N(Cc3ccco3)C2c2cccc(OCc3ccccc3)c2)cc1C. The number of aryl methyl sites for hydroxylation is 1. The van der Waals surface area contributed by atoms with Gasteiger partial charge in [-0.1, -0.05) is 42.5 Å². The number of amides is 1. The topological polar surface area (TPSA) is 89.2 Å². The van der Waals surface area contributed by atoms with Crippen LogP contribution in [0.2, 0.25) is 0 Å². The number of carbonyl (C=O) groups is 2. The number of nitrogens with zero attached hydrogens (tertiary/aromatic N) is 1. The summed E-state index contributed by atoms with van der Waals surface area (Å²) in [5.74, 6) is 0.0729. The highest BCUT2D eigenvalue weighted by molar-refractivity contribution is 6.46. The molecular formula is C32H29NO6. The van der Waals surface area contributed by atoms with Crippen LogP contribution in [-0.2, 0) is 22.7 Å². The zero-order valence-corrected chi connectivity index (χ0v) is 21.8. The van der Waals surface area contributed by atoms with Crippen LogP contribution in [-0.4, -0.2) is 28.3 Å². The fraction of sp³-hybridized carbons (Fsp3) is 0.188. The second kappa shape index (κ2) is 11.3. The molecule has 0 radical (unpaired) electrons. The quantitative estimate of drug-likeness (QED) is 0.160. The molecule has 1 amide bonds. The van der Waals surface area contributed by atoms with E-state index in [4.69, 9.17) is 13.9 Å². The fourth-order valence-electron chi connectivity index (χ4n) is 4.75. The normalized spacial score (nSPS) is 16.5. The summed E-state index contributed by atoms with van der Waals surface area (Å²) in [4.78, 5) is 28.1. The Morgan fingerprint density at radius 2 is 1.77 bits per heavy atom. The van der Waals surface area contributed by atoms with E-state index in [1.54, 1.807) is 36.4 Å². The Kier molecular flexibility index (Phi) is 7.50. The molecule has 0 bridgehead atoms. The number of furan rings is 1. The maximum absolute atomic E-state index is 13.4. The molecule has 0 aliphatic carbocycles. The van der Waals surface area contributed by atoms with Crippen LogP contribution >= 0.6 is 0 Å². The number of Topliss-reactive ketones (excluding diaryl/α,β-unsaturated/α-hetero) is 1. The smallest absolute Gasteiger partial charge is 0.296 e. The van der Waals surface area contributed by atoms with Gasteiger partial charge >= 0.3 is 0 Å². The lowest BCUT2D eigenvalue weighted by molar-refractivity contribution is -0.140. The van der Waals surface area contributed by atoms with E-state index in [0.717, 1.165) is 11.1 Å². The van der Waals surface area contributed by atoms with Crippen LogP contribution in [0.15, 0.2) is 101 Å². The summed E-state index contributed by atoms with van der Waals surface area (Å²) in [5, 5.41) is 11.4. The number of benzene rings is 3. The van der Waals surface area contributed by atoms with Crippen LogP contribution in [0, 0.1) is 6.92 Å². The van der Waals surface area contributed by atoms with Crippen LogP contribution < -0.4 is 9.47 Å². The lowest BCUT2D eigenvalue weighted by Gasteiger charge is -2.25. The maximum atomic E-state index is 13.4. The van der Waals surface area contributed by atoms with Crippen LogP contribution in [0.3, 0.4) is 0 Å². The first-order valence-electron chi connectivity index (χ1n) is 12.8. The molecule has 0 saturated carbocycles. The number of rotatable bonds is 9. The Balaban J connectivity index is 1.56. The molecule has 198 valence electrons. The van der Waals surface area contributed by atoms with Gasteiger partial charge in [0.15, 0.2) is 0 Å². The second-order valence-corrected chi connectivity index (χ2v) is 9.27. The largest absolute Gasteiger partial charge is 0.507 e. The lowest BCUT2D eigenvalue weighted by Crippen LogP contribution is -2.29. The van der Waals surface area contributed by atoms with Gasteiger partial charge in [-0.3, -0.25) is 9.59 Å². The number of hydrogen-bond acceptors (Lipinski definition) is 6. The Morgan fingerprint density at radius 3 is 2.49 bits per heavy atom. The van der Waals surface area contributed by atoms with Crippen molar-refractivity contribution in [1.29, 1.82) is 0 Å². The monoisotopic (exact) mass is 523 g/mol. The summed E-state index contributed by atoms with van der Waals surface area (Å²) in [5.41, 5.74) is 2.88. The van der Waals surface area contributed by atoms with E-state index < -0.39 is 17.7 Å². The van der Waals surface area contributed by atoms with Crippen LogP contribution in [0.5, 0.6) is 11.5 Å². The summed E-state index contributed by atoms with van der Waals surface area (Å²) in [6, 6.07) is 24.8. The summed E-state index contributed by atoms with van der Waals surface area (Å²) >= 11 is 0. The molecule has 1 aromatic heterocycles. The van der Waals surface area contributed by atoms with Crippen molar-refractivity contribution in [2.45, 2.75) is 33.0 Å². The first-order chi connectivity index (χ1) is 19.0. The number of ether oxygens (including phenoxy) is 2. The van der Waals surface area contributed by atoms with Gasteiger partial charge in [-0.2, -0.15) is 0 Å². The van der Waals surface area contributed by atoms with Crippen molar-refractivity contribution in [3.8, 4) is 11.5 Å². The first-order valence-corrected chi connectivity index (χ1v) is 12.8. The van der Waals surface area contributed by atoms with Crippen LogP contribution in [0.25, 0.3) is 5.76 Å². The number of carbonyl (C=O) groups excluding carboxylic acids is 2. The third kappa shape index (κ3) is 5.43. The van der Waals surface area contributed by atoms with Crippen molar-refractivity contribution >= 4 is 17.4 Å².